The van der Waals surface area contributed by atoms with Gasteiger partial charge in [0.2, 0.25) is 0 Å². The van der Waals surface area contributed by atoms with Crippen LogP contribution in [0.25, 0.3) is 0 Å². The Balaban J connectivity index is 1.76. The Morgan fingerprint density at radius 2 is 1.95 bits per heavy atom. The number of methoxy groups -OCH3 is 1. The highest BCUT2D eigenvalue weighted by Crippen LogP contribution is 2.23. The van der Waals surface area contributed by atoms with Crippen molar-refractivity contribution in [3.8, 4) is 5.75 Å². The molecule has 1 aromatic heterocycles. The Morgan fingerprint density at radius 3 is 2.76 bits per heavy atom. The van der Waals surface area contributed by atoms with Gasteiger partial charge < -0.3 is 15.0 Å². The smallest absolute Gasteiger partial charge is 0.135 e. The minimum Gasteiger partial charge on any atom is -0.497 e. The van der Waals surface area contributed by atoms with Crippen LogP contribution in [0.1, 0.15) is 19.3 Å². The van der Waals surface area contributed by atoms with Gasteiger partial charge in [-0.1, -0.05) is 6.07 Å². The van der Waals surface area contributed by atoms with E-state index in [1.165, 1.54) is 19.3 Å². The number of benzene rings is 1. The number of rotatable bonds is 4. The number of anilines is 3. The van der Waals surface area contributed by atoms with Crippen LogP contribution >= 0.6 is 0 Å². The molecule has 2 heterocycles. The number of ether oxygens (including phenoxy) is 1. The molecule has 0 amide bonds. The average Bonchev–Trinajstić information content (AvgIpc) is 2.56. The summed E-state index contributed by atoms with van der Waals surface area (Å²) in [5.41, 5.74) is 0.956. The predicted molar refractivity (Wildman–Crippen MR) is 84.4 cm³/mol. The van der Waals surface area contributed by atoms with Crippen molar-refractivity contribution >= 4 is 17.3 Å². The molecule has 110 valence electrons. The zero-order valence-electron chi connectivity index (χ0n) is 12.2. The van der Waals surface area contributed by atoms with Crippen molar-refractivity contribution < 1.29 is 4.74 Å². The maximum Gasteiger partial charge on any atom is 0.135 e. The molecule has 5 heteroatoms. The van der Waals surface area contributed by atoms with Gasteiger partial charge in [-0.15, -0.1) is 0 Å². The number of hydrogen-bond donors (Lipinski definition) is 1. The van der Waals surface area contributed by atoms with Crippen molar-refractivity contribution in [1.29, 1.82) is 0 Å². The van der Waals surface area contributed by atoms with Crippen molar-refractivity contribution in [2.75, 3.05) is 30.4 Å². The van der Waals surface area contributed by atoms with Crippen LogP contribution in [0, 0.1) is 0 Å². The van der Waals surface area contributed by atoms with Crippen LogP contribution in [0.3, 0.4) is 0 Å². The minimum atomic E-state index is 0.804. The third-order valence-corrected chi connectivity index (χ3v) is 3.67. The summed E-state index contributed by atoms with van der Waals surface area (Å²) in [6.45, 7) is 2.16. The fourth-order valence-electron chi connectivity index (χ4n) is 2.56. The molecule has 0 spiro atoms. The number of nitrogens with zero attached hydrogens (tertiary/aromatic N) is 3. The lowest BCUT2D eigenvalue weighted by Crippen LogP contribution is -2.30. The van der Waals surface area contributed by atoms with Crippen LogP contribution in [-0.4, -0.2) is 30.2 Å². The summed E-state index contributed by atoms with van der Waals surface area (Å²) >= 11 is 0. The maximum atomic E-state index is 5.23. The van der Waals surface area contributed by atoms with Crippen molar-refractivity contribution in [2.45, 2.75) is 19.3 Å². The summed E-state index contributed by atoms with van der Waals surface area (Å²) in [4.78, 5) is 11.0. The van der Waals surface area contributed by atoms with Crippen molar-refractivity contribution in [3.63, 3.8) is 0 Å². The monoisotopic (exact) mass is 284 g/mol. The first-order valence-corrected chi connectivity index (χ1v) is 7.33. The van der Waals surface area contributed by atoms with E-state index in [4.69, 9.17) is 4.74 Å². The van der Waals surface area contributed by atoms with Gasteiger partial charge in [-0.05, 0) is 31.4 Å². The zero-order valence-corrected chi connectivity index (χ0v) is 12.2. The van der Waals surface area contributed by atoms with Crippen LogP contribution in [0.4, 0.5) is 17.3 Å². The molecule has 0 aliphatic carbocycles. The lowest BCUT2D eigenvalue weighted by Gasteiger charge is -2.27. The summed E-state index contributed by atoms with van der Waals surface area (Å²) in [6, 6.07) is 9.82. The first-order chi connectivity index (χ1) is 10.3. The van der Waals surface area contributed by atoms with Gasteiger partial charge in [0.25, 0.3) is 0 Å². The molecule has 0 bridgehead atoms. The van der Waals surface area contributed by atoms with E-state index in [9.17, 15) is 0 Å². The van der Waals surface area contributed by atoms with E-state index in [1.807, 2.05) is 30.3 Å². The topological polar surface area (TPSA) is 50.3 Å². The molecule has 0 radical (unpaired) electrons. The highest BCUT2D eigenvalue weighted by Gasteiger charge is 2.12. The Labute approximate surface area is 125 Å². The zero-order chi connectivity index (χ0) is 14.5. The van der Waals surface area contributed by atoms with Crippen LogP contribution in [0.2, 0.25) is 0 Å². The summed E-state index contributed by atoms with van der Waals surface area (Å²) in [7, 11) is 1.66. The third kappa shape index (κ3) is 3.42. The van der Waals surface area contributed by atoms with Gasteiger partial charge in [0.05, 0.1) is 7.11 Å². The first-order valence-electron chi connectivity index (χ1n) is 7.33. The highest BCUT2D eigenvalue weighted by molar-refractivity contribution is 5.60. The molecule has 3 rings (SSSR count). The average molecular weight is 284 g/mol. The normalized spacial score (nSPS) is 14.8. The largest absolute Gasteiger partial charge is 0.497 e. The SMILES string of the molecule is COc1cccc(Nc2cc(N3CCCCC3)ncn2)c1. The Bertz CT molecular complexity index is 596. The summed E-state index contributed by atoms with van der Waals surface area (Å²) in [6.07, 6.45) is 5.41. The van der Waals surface area contributed by atoms with E-state index >= 15 is 0 Å². The summed E-state index contributed by atoms with van der Waals surface area (Å²) < 4.78 is 5.23. The van der Waals surface area contributed by atoms with Gasteiger partial charge in [0.1, 0.15) is 23.7 Å². The molecule has 21 heavy (non-hydrogen) atoms. The van der Waals surface area contributed by atoms with E-state index in [-0.39, 0.29) is 0 Å². The van der Waals surface area contributed by atoms with Crippen LogP contribution in [-0.2, 0) is 0 Å². The second-order valence-corrected chi connectivity index (χ2v) is 5.17. The Kier molecular flexibility index (Phi) is 4.19. The molecule has 2 aromatic rings. The molecular weight excluding hydrogens is 264 g/mol. The molecule has 1 aliphatic rings. The molecule has 0 unspecified atom stereocenters. The maximum absolute atomic E-state index is 5.23. The number of nitrogens with one attached hydrogen (secondary N) is 1. The lowest BCUT2D eigenvalue weighted by molar-refractivity contribution is 0.415. The lowest BCUT2D eigenvalue weighted by atomic mass is 10.1. The second-order valence-electron chi connectivity index (χ2n) is 5.17. The molecule has 0 saturated carbocycles. The van der Waals surface area contributed by atoms with Gasteiger partial charge in [-0.3, -0.25) is 0 Å². The molecule has 1 aliphatic heterocycles. The molecule has 0 atom stereocenters. The quantitative estimate of drug-likeness (QED) is 0.934. The minimum absolute atomic E-state index is 0.804. The van der Waals surface area contributed by atoms with Crippen molar-refractivity contribution in [3.05, 3.63) is 36.7 Å². The van der Waals surface area contributed by atoms with Crippen LogP contribution < -0.4 is 15.0 Å². The van der Waals surface area contributed by atoms with Crippen molar-refractivity contribution in [2.24, 2.45) is 0 Å². The van der Waals surface area contributed by atoms with E-state index in [1.54, 1.807) is 13.4 Å². The Morgan fingerprint density at radius 1 is 1.10 bits per heavy atom. The van der Waals surface area contributed by atoms with Gasteiger partial charge in [0.15, 0.2) is 0 Å². The van der Waals surface area contributed by atoms with Crippen LogP contribution in [0.15, 0.2) is 36.7 Å². The first kappa shape index (κ1) is 13.7. The van der Waals surface area contributed by atoms with E-state index in [0.29, 0.717) is 0 Å². The Hall–Kier alpha value is -2.30. The standard InChI is InChI=1S/C16H20N4O/c1-21-14-7-5-6-13(10-14)19-15-11-16(18-12-17-15)20-8-3-2-4-9-20/h5-7,10-12H,2-4,8-9H2,1H3,(H,17,18,19). The van der Waals surface area contributed by atoms with E-state index in [0.717, 1.165) is 36.2 Å². The molecule has 1 fully saturated rings. The number of piperidine rings is 1. The highest BCUT2D eigenvalue weighted by atomic mass is 16.5. The third-order valence-electron chi connectivity index (χ3n) is 3.67. The van der Waals surface area contributed by atoms with Gasteiger partial charge in [-0.25, -0.2) is 9.97 Å². The molecule has 5 nitrogen and oxygen atoms in total. The van der Waals surface area contributed by atoms with Crippen molar-refractivity contribution in [1.82, 2.24) is 9.97 Å². The van der Waals surface area contributed by atoms with Gasteiger partial charge in [-0.2, -0.15) is 0 Å². The molecule has 1 saturated heterocycles. The second kappa shape index (κ2) is 6.43. The number of hydrogen-bond acceptors (Lipinski definition) is 5. The summed E-state index contributed by atoms with van der Waals surface area (Å²) in [5.74, 6) is 2.62. The van der Waals surface area contributed by atoms with E-state index in [2.05, 4.69) is 20.2 Å². The van der Waals surface area contributed by atoms with Crippen LogP contribution in [0.5, 0.6) is 5.75 Å². The van der Waals surface area contributed by atoms with E-state index < -0.39 is 0 Å². The molecule has 1 N–H and O–H groups in total. The molecular formula is C16H20N4O. The summed E-state index contributed by atoms with van der Waals surface area (Å²) in [5, 5.41) is 3.30. The number of aromatic nitrogens is 2. The fraction of sp³-hybridized carbons (Fsp3) is 0.375. The predicted octanol–water partition coefficient (Wildman–Crippen LogP) is 3.22. The van der Waals surface area contributed by atoms with Gasteiger partial charge >= 0.3 is 0 Å². The van der Waals surface area contributed by atoms with Gasteiger partial charge in [0, 0.05) is 30.9 Å². The molecule has 1 aromatic carbocycles. The fourth-order valence-corrected chi connectivity index (χ4v) is 2.56.